The van der Waals surface area contributed by atoms with Gasteiger partial charge in [0, 0.05) is 12.3 Å². The van der Waals surface area contributed by atoms with Crippen LogP contribution in [-0.2, 0) is 9.47 Å². The molecule has 4 atom stereocenters. The van der Waals surface area contributed by atoms with E-state index in [-0.39, 0.29) is 11.8 Å². The number of rotatable bonds is 8. The van der Waals surface area contributed by atoms with Gasteiger partial charge in [-0.05, 0) is 5.92 Å². The van der Waals surface area contributed by atoms with Crippen molar-refractivity contribution in [1.82, 2.24) is 0 Å². The Labute approximate surface area is 141 Å². The molecule has 0 aliphatic rings. The molecule has 0 unspecified atom stereocenters. The molecular formula is C14H23Cl3O4. The van der Waals surface area contributed by atoms with Gasteiger partial charge in [0.1, 0.15) is 12.7 Å². The molecule has 7 heteroatoms. The third-order valence-corrected chi connectivity index (χ3v) is 3.68. The monoisotopic (exact) mass is 360 g/mol. The van der Waals surface area contributed by atoms with Gasteiger partial charge in [0.05, 0.1) is 6.10 Å². The third-order valence-electron chi connectivity index (χ3n) is 3.35. The van der Waals surface area contributed by atoms with E-state index >= 15 is 0 Å². The molecule has 0 saturated carbocycles. The predicted molar refractivity (Wildman–Crippen MR) is 86.0 cm³/mol. The number of halogens is 3. The average Bonchev–Trinajstić information content (AvgIpc) is 2.41. The van der Waals surface area contributed by atoms with Crippen molar-refractivity contribution < 1.29 is 19.4 Å². The lowest BCUT2D eigenvalue weighted by atomic mass is 9.87. The average molecular weight is 362 g/mol. The summed E-state index contributed by atoms with van der Waals surface area (Å²) < 4.78 is 8.24. The summed E-state index contributed by atoms with van der Waals surface area (Å²) >= 11 is 16.5. The van der Waals surface area contributed by atoms with Crippen molar-refractivity contribution in [3.8, 4) is 0 Å². The molecule has 0 amide bonds. The Kier molecular flexibility index (Phi) is 9.70. The standard InChI is InChI=1S/C14H23Cl3O4/c1-5-7-11(10(4)12(18)9(3)6-2)21-13(19)20-8-14(15,16)17/h5,9-12,18H,1,6-8H2,2-4H3/t9-,10-,11-,12-/m0/s1. The van der Waals surface area contributed by atoms with Gasteiger partial charge in [0.15, 0.2) is 0 Å². The van der Waals surface area contributed by atoms with E-state index in [9.17, 15) is 9.90 Å². The van der Waals surface area contributed by atoms with Crippen LogP contribution >= 0.6 is 34.8 Å². The second-order valence-electron chi connectivity index (χ2n) is 5.07. The zero-order chi connectivity index (χ0) is 16.6. The molecule has 21 heavy (non-hydrogen) atoms. The minimum atomic E-state index is -1.69. The Hall–Kier alpha value is -0.160. The normalized spacial score (nSPS) is 17.5. The van der Waals surface area contributed by atoms with Crippen LogP contribution in [0.15, 0.2) is 12.7 Å². The molecule has 124 valence electrons. The summed E-state index contributed by atoms with van der Waals surface area (Å²) in [5, 5.41) is 10.2. The highest BCUT2D eigenvalue weighted by atomic mass is 35.6. The number of alkyl halides is 3. The van der Waals surface area contributed by atoms with Gasteiger partial charge in [-0.1, -0.05) is 68.1 Å². The number of hydrogen-bond acceptors (Lipinski definition) is 4. The highest BCUT2D eigenvalue weighted by molar-refractivity contribution is 6.67. The second kappa shape index (κ2) is 9.78. The van der Waals surface area contributed by atoms with Gasteiger partial charge in [-0.15, -0.1) is 6.58 Å². The summed E-state index contributed by atoms with van der Waals surface area (Å²) in [7, 11) is 0. The molecule has 0 radical (unpaired) electrons. The van der Waals surface area contributed by atoms with E-state index in [1.54, 1.807) is 6.08 Å². The van der Waals surface area contributed by atoms with Crippen molar-refractivity contribution in [2.75, 3.05) is 6.61 Å². The van der Waals surface area contributed by atoms with Crippen LogP contribution in [0.2, 0.25) is 0 Å². The predicted octanol–water partition coefficient (Wildman–Crippen LogP) is 4.50. The van der Waals surface area contributed by atoms with Gasteiger partial charge in [0.2, 0.25) is 3.79 Å². The quantitative estimate of drug-likeness (QED) is 0.393. The van der Waals surface area contributed by atoms with Crippen LogP contribution in [0.5, 0.6) is 0 Å². The molecule has 0 heterocycles. The topological polar surface area (TPSA) is 55.8 Å². The summed E-state index contributed by atoms with van der Waals surface area (Å²) in [4.78, 5) is 11.6. The number of aliphatic hydroxyl groups excluding tert-OH is 1. The summed E-state index contributed by atoms with van der Waals surface area (Å²) in [6, 6.07) is 0. The van der Waals surface area contributed by atoms with E-state index in [1.807, 2.05) is 20.8 Å². The maximum Gasteiger partial charge on any atom is 0.508 e. The van der Waals surface area contributed by atoms with Crippen LogP contribution in [0.1, 0.15) is 33.6 Å². The molecule has 0 saturated heterocycles. The number of carbonyl (C=O) groups is 1. The van der Waals surface area contributed by atoms with Gasteiger partial charge in [0.25, 0.3) is 0 Å². The molecule has 0 rings (SSSR count). The fraction of sp³-hybridized carbons (Fsp3) is 0.786. The second-order valence-corrected chi connectivity index (χ2v) is 7.59. The first kappa shape index (κ1) is 20.8. The number of carbonyl (C=O) groups excluding carboxylic acids is 1. The molecule has 1 N–H and O–H groups in total. The van der Waals surface area contributed by atoms with Crippen molar-refractivity contribution >= 4 is 41.0 Å². The molecule has 0 aromatic heterocycles. The summed E-state index contributed by atoms with van der Waals surface area (Å²) in [6.07, 6.45) is 0.764. The zero-order valence-corrected chi connectivity index (χ0v) is 14.8. The third kappa shape index (κ3) is 8.77. The van der Waals surface area contributed by atoms with E-state index in [4.69, 9.17) is 44.3 Å². The molecule has 0 bridgehead atoms. The number of aliphatic hydroxyl groups is 1. The van der Waals surface area contributed by atoms with E-state index in [2.05, 4.69) is 6.58 Å². The van der Waals surface area contributed by atoms with Crippen LogP contribution in [0.3, 0.4) is 0 Å². The van der Waals surface area contributed by atoms with Gasteiger partial charge in [-0.3, -0.25) is 0 Å². The molecular weight excluding hydrogens is 339 g/mol. The fourth-order valence-electron chi connectivity index (χ4n) is 1.81. The molecule has 0 aromatic rings. The number of hydrogen-bond donors (Lipinski definition) is 1. The SMILES string of the molecule is C=CC[C@H](OC(=O)OCC(Cl)(Cl)Cl)[C@H](C)[C@@H](O)[C@@H](C)CC. The van der Waals surface area contributed by atoms with Crippen molar-refractivity contribution in [3.63, 3.8) is 0 Å². The lowest BCUT2D eigenvalue weighted by Crippen LogP contribution is -2.37. The maximum absolute atomic E-state index is 11.6. The Bertz CT molecular complexity index is 331. The van der Waals surface area contributed by atoms with Crippen molar-refractivity contribution in [1.29, 1.82) is 0 Å². The Morgan fingerprint density at radius 3 is 2.38 bits per heavy atom. The first-order chi connectivity index (χ1) is 9.62. The van der Waals surface area contributed by atoms with Gasteiger partial charge in [-0.25, -0.2) is 4.79 Å². The smallest absolute Gasteiger partial charge is 0.430 e. The van der Waals surface area contributed by atoms with Gasteiger partial charge in [-0.2, -0.15) is 0 Å². The van der Waals surface area contributed by atoms with E-state index in [1.165, 1.54) is 0 Å². The highest BCUT2D eigenvalue weighted by Gasteiger charge is 2.31. The molecule has 0 spiro atoms. The van der Waals surface area contributed by atoms with Crippen LogP contribution in [0.4, 0.5) is 4.79 Å². The lowest BCUT2D eigenvalue weighted by molar-refractivity contribution is -0.0383. The first-order valence-electron chi connectivity index (χ1n) is 6.81. The highest BCUT2D eigenvalue weighted by Crippen LogP contribution is 2.27. The molecule has 0 fully saturated rings. The Morgan fingerprint density at radius 2 is 1.95 bits per heavy atom. The van der Waals surface area contributed by atoms with E-state index in [0.717, 1.165) is 6.42 Å². The number of ether oxygens (including phenoxy) is 2. The van der Waals surface area contributed by atoms with E-state index in [0.29, 0.717) is 6.42 Å². The first-order valence-corrected chi connectivity index (χ1v) is 7.94. The molecule has 4 nitrogen and oxygen atoms in total. The fourth-order valence-corrected chi connectivity index (χ4v) is 1.98. The van der Waals surface area contributed by atoms with Gasteiger partial charge >= 0.3 is 6.16 Å². The summed E-state index contributed by atoms with van der Waals surface area (Å²) in [5.41, 5.74) is 0. The van der Waals surface area contributed by atoms with Crippen LogP contribution in [0, 0.1) is 11.8 Å². The minimum Gasteiger partial charge on any atom is -0.430 e. The van der Waals surface area contributed by atoms with E-state index < -0.39 is 28.8 Å². The van der Waals surface area contributed by atoms with Crippen LogP contribution < -0.4 is 0 Å². The zero-order valence-electron chi connectivity index (χ0n) is 12.5. The maximum atomic E-state index is 11.6. The molecule has 0 aromatic carbocycles. The summed E-state index contributed by atoms with van der Waals surface area (Å²) in [6.45, 7) is 8.96. The lowest BCUT2D eigenvalue weighted by Gasteiger charge is -2.30. The van der Waals surface area contributed by atoms with Gasteiger partial charge < -0.3 is 14.6 Å². The van der Waals surface area contributed by atoms with Crippen molar-refractivity contribution in [3.05, 3.63) is 12.7 Å². The Balaban J connectivity index is 4.60. The molecule has 0 aliphatic heterocycles. The van der Waals surface area contributed by atoms with Crippen molar-refractivity contribution in [2.45, 2.75) is 49.6 Å². The Morgan fingerprint density at radius 1 is 1.38 bits per heavy atom. The summed E-state index contributed by atoms with van der Waals surface area (Å²) in [5.74, 6) is -0.175. The minimum absolute atomic E-state index is 0.0908. The van der Waals surface area contributed by atoms with Crippen LogP contribution in [0.25, 0.3) is 0 Å². The van der Waals surface area contributed by atoms with Crippen LogP contribution in [-0.4, -0.2) is 33.9 Å². The largest absolute Gasteiger partial charge is 0.508 e. The molecule has 0 aliphatic carbocycles. The van der Waals surface area contributed by atoms with Crippen molar-refractivity contribution in [2.24, 2.45) is 11.8 Å².